The number of rotatable bonds is 5. The smallest absolute Gasteiger partial charge is 0.224 e. The number of methoxy groups -OCH3 is 1. The molecular formula is C23H28N6O3. The van der Waals surface area contributed by atoms with Crippen LogP contribution >= 0.6 is 0 Å². The summed E-state index contributed by atoms with van der Waals surface area (Å²) in [6.07, 6.45) is 1.10. The molecule has 9 heteroatoms. The summed E-state index contributed by atoms with van der Waals surface area (Å²) < 4.78 is 11.1. The number of carbonyl (C=O) groups excluding carboxylic acids is 1. The number of nitrogens with zero attached hydrogens (tertiary/aromatic N) is 5. The van der Waals surface area contributed by atoms with Gasteiger partial charge in [0.15, 0.2) is 11.6 Å². The zero-order valence-corrected chi connectivity index (χ0v) is 18.5. The highest BCUT2D eigenvalue weighted by molar-refractivity contribution is 5.84. The van der Waals surface area contributed by atoms with Crippen molar-refractivity contribution in [2.24, 2.45) is 5.92 Å². The van der Waals surface area contributed by atoms with E-state index in [9.17, 15) is 4.79 Å². The maximum atomic E-state index is 12.4. The Labute approximate surface area is 186 Å². The van der Waals surface area contributed by atoms with Gasteiger partial charge in [-0.25, -0.2) is 4.98 Å². The zero-order valence-electron chi connectivity index (χ0n) is 18.5. The van der Waals surface area contributed by atoms with Crippen LogP contribution in [-0.4, -0.2) is 82.4 Å². The summed E-state index contributed by atoms with van der Waals surface area (Å²) in [5.74, 6) is 2.35. The topological polar surface area (TPSA) is 96.5 Å². The molecule has 0 saturated carbocycles. The predicted octanol–water partition coefficient (Wildman–Crippen LogP) is 2.27. The molecule has 1 N–H and O–H groups in total. The van der Waals surface area contributed by atoms with E-state index >= 15 is 0 Å². The van der Waals surface area contributed by atoms with Gasteiger partial charge in [-0.3, -0.25) is 9.69 Å². The van der Waals surface area contributed by atoms with E-state index in [2.05, 4.69) is 25.1 Å². The fourth-order valence-electron chi connectivity index (χ4n) is 4.68. The molecule has 32 heavy (non-hydrogen) atoms. The minimum absolute atomic E-state index is 0.0433. The van der Waals surface area contributed by atoms with E-state index < -0.39 is 0 Å². The van der Waals surface area contributed by atoms with Gasteiger partial charge in [0.25, 0.3) is 0 Å². The molecule has 168 valence electrons. The van der Waals surface area contributed by atoms with Crippen molar-refractivity contribution in [1.82, 2.24) is 30.0 Å². The van der Waals surface area contributed by atoms with Crippen LogP contribution in [0.5, 0.6) is 5.88 Å². The van der Waals surface area contributed by atoms with E-state index in [0.717, 1.165) is 55.7 Å². The number of ether oxygens (including phenoxy) is 2. The lowest BCUT2D eigenvalue weighted by atomic mass is 10.1. The van der Waals surface area contributed by atoms with Gasteiger partial charge in [0, 0.05) is 45.1 Å². The van der Waals surface area contributed by atoms with Crippen LogP contribution in [0.25, 0.3) is 22.3 Å². The minimum Gasteiger partial charge on any atom is -0.480 e. The third kappa shape index (κ3) is 4.05. The molecule has 2 fully saturated rings. The zero-order chi connectivity index (χ0) is 22.1. The molecule has 2 atom stereocenters. The lowest BCUT2D eigenvalue weighted by molar-refractivity contribution is -0.134. The second-order valence-electron chi connectivity index (χ2n) is 8.51. The number of hydrogen-bond acceptors (Lipinski definition) is 7. The Morgan fingerprint density at radius 2 is 2.16 bits per heavy atom. The van der Waals surface area contributed by atoms with Gasteiger partial charge in [-0.1, -0.05) is 18.2 Å². The Morgan fingerprint density at radius 3 is 2.94 bits per heavy atom. The van der Waals surface area contributed by atoms with Gasteiger partial charge in [-0.2, -0.15) is 0 Å². The van der Waals surface area contributed by atoms with Crippen LogP contribution in [0.1, 0.15) is 25.2 Å². The van der Waals surface area contributed by atoms with Crippen LogP contribution < -0.4 is 4.74 Å². The van der Waals surface area contributed by atoms with Gasteiger partial charge >= 0.3 is 0 Å². The number of carbonyl (C=O) groups is 1. The number of fused-ring (bicyclic) bond motifs is 1. The third-order valence-electron chi connectivity index (χ3n) is 6.37. The van der Waals surface area contributed by atoms with Crippen molar-refractivity contribution in [3.8, 4) is 17.3 Å². The Morgan fingerprint density at radius 1 is 1.28 bits per heavy atom. The number of benzene rings is 1. The van der Waals surface area contributed by atoms with Gasteiger partial charge < -0.3 is 19.4 Å². The monoisotopic (exact) mass is 436 g/mol. The molecule has 4 heterocycles. The van der Waals surface area contributed by atoms with Gasteiger partial charge in [0.05, 0.1) is 24.8 Å². The van der Waals surface area contributed by atoms with Crippen molar-refractivity contribution in [1.29, 1.82) is 0 Å². The van der Waals surface area contributed by atoms with Crippen LogP contribution in [0.3, 0.4) is 0 Å². The molecule has 0 aliphatic carbocycles. The first-order chi connectivity index (χ1) is 15.6. The number of para-hydroxylation sites is 1. The first-order valence-electron chi connectivity index (χ1n) is 11.1. The molecule has 9 nitrogen and oxygen atoms in total. The third-order valence-corrected chi connectivity index (χ3v) is 6.37. The van der Waals surface area contributed by atoms with Gasteiger partial charge in [0.2, 0.25) is 11.8 Å². The normalized spacial score (nSPS) is 21.9. The van der Waals surface area contributed by atoms with Crippen LogP contribution in [0.15, 0.2) is 30.3 Å². The number of amides is 1. The summed E-state index contributed by atoms with van der Waals surface area (Å²) in [5.41, 5.74) is 1.60. The lowest BCUT2D eigenvalue weighted by Crippen LogP contribution is -2.51. The van der Waals surface area contributed by atoms with Crippen molar-refractivity contribution in [3.05, 3.63) is 36.2 Å². The summed E-state index contributed by atoms with van der Waals surface area (Å²) in [4.78, 5) is 24.6. The maximum absolute atomic E-state index is 12.4. The SMILES string of the molecule is COc1nc2ccccc2cc1-c1nnc([C@@H]2CN(CC3CCOC3)CCN2C(C)=O)[nH]1. The average Bonchev–Trinajstić information content (AvgIpc) is 3.50. The number of piperazine rings is 1. The fraction of sp³-hybridized carbons (Fsp3) is 0.478. The quantitative estimate of drug-likeness (QED) is 0.655. The van der Waals surface area contributed by atoms with Crippen molar-refractivity contribution >= 4 is 16.8 Å². The summed E-state index contributed by atoms with van der Waals surface area (Å²) in [6.45, 7) is 6.50. The van der Waals surface area contributed by atoms with Crippen molar-refractivity contribution in [2.75, 3.05) is 46.5 Å². The fourth-order valence-corrected chi connectivity index (χ4v) is 4.68. The highest BCUT2D eigenvalue weighted by atomic mass is 16.5. The number of aromatic amines is 1. The van der Waals surface area contributed by atoms with Crippen molar-refractivity contribution < 1.29 is 14.3 Å². The molecule has 1 aromatic carbocycles. The molecule has 1 unspecified atom stereocenters. The number of H-pyrrole nitrogens is 1. The number of hydrogen-bond donors (Lipinski definition) is 1. The standard InChI is InChI=1S/C23H28N6O3/c1-15(30)29-9-8-28(12-16-7-10-32-14-16)13-20(29)22-25-21(26-27-22)18-11-17-5-3-4-6-19(17)24-23(18)31-2/h3-6,11,16,20H,7-10,12-14H2,1-2H3,(H,25,26,27)/t16?,20-/m0/s1. The van der Waals surface area contributed by atoms with E-state index in [4.69, 9.17) is 9.47 Å². The molecule has 0 radical (unpaired) electrons. The first-order valence-corrected chi connectivity index (χ1v) is 11.1. The summed E-state index contributed by atoms with van der Waals surface area (Å²) >= 11 is 0. The molecule has 2 aromatic heterocycles. The molecule has 2 aliphatic heterocycles. The van der Waals surface area contributed by atoms with Gasteiger partial charge in [0.1, 0.15) is 6.04 Å². The molecule has 5 rings (SSSR count). The van der Waals surface area contributed by atoms with Crippen LogP contribution in [0.4, 0.5) is 0 Å². The Bertz CT molecular complexity index is 1110. The highest BCUT2D eigenvalue weighted by Gasteiger charge is 2.34. The number of aromatic nitrogens is 4. The Hall–Kier alpha value is -3.04. The van der Waals surface area contributed by atoms with E-state index in [1.165, 1.54) is 0 Å². The van der Waals surface area contributed by atoms with Crippen LogP contribution in [-0.2, 0) is 9.53 Å². The number of pyridine rings is 1. The molecular weight excluding hydrogens is 408 g/mol. The summed E-state index contributed by atoms with van der Waals surface area (Å²) in [7, 11) is 1.60. The molecule has 2 aliphatic rings. The van der Waals surface area contributed by atoms with Gasteiger partial charge in [-0.05, 0) is 24.5 Å². The molecule has 3 aromatic rings. The molecule has 0 bridgehead atoms. The largest absolute Gasteiger partial charge is 0.480 e. The summed E-state index contributed by atoms with van der Waals surface area (Å²) in [5, 5.41) is 9.83. The molecule has 0 spiro atoms. The van der Waals surface area contributed by atoms with E-state index in [1.54, 1.807) is 14.0 Å². The lowest BCUT2D eigenvalue weighted by Gasteiger charge is -2.40. The Kier molecular flexibility index (Phi) is 5.75. The molecule has 1 amide bonds. The molecule has 2 saturated heterocycles. The second-order valence-corrected chi connectivity index (χ2v) is 8.51. The second kappa shape index (κ2) is 8.84. The summed E-state index contributed by atoms with van der Waals surface area (Å²) in [6, 6.07) is 9.70. The Balaban J connectivity index is 1.43. The average molecular weight is 437 g/mol. The highest BCUT2D eigenvalue weighted by Crippen LogP contribution is 2.31. The van der Waals surface area contributed by atoms with Crippen LogP contribution in [0, 0.1) is 5.92 Å². The van der Waals surface area contributed by atoms with Crippen LogP contribution in [0.2, 0.25) is 0 Å². The van der Waals surface area contributed by atoms with Crippen molar-refractivity contribution in [2.45, 2.75) is 19.4 Å². The van der Waals surface area contributed by atoms with E-state index in [1.807, 2.05) is 35.2 Å². The predicted molar refractivity (Wildman–Crippen MR) is 119 cm³/mol. The maximum Gasteiger partial charge on any atom is 0.224 e. The van der Waals surface area contributed by atoms with Crippen molar-refractivity contribution in [3.63, 3.8) is 0 Å². The minimum atomic E-state index is -0.177. The number of nitrogens with one attached hydrogen (secondary N) is 1. The van der Waals surface area contributed by atoms with E-state index in [0.29, 0.717) is 30.0 Å². The van der Waals surface area contributed by atoms with Gasteiger partial charge in [-0.15, -0.1) is 10.2 Å². The first kappa shape index (κ1) is 20.8. The van der Waals surface area contributed by atoms with E-state index in [-0.39, 0.29) is 11.9 Å².